The second kappa shape index (κ2) is 6.17. The summed E-state index contributed by atoms with van der Waals surface area (Å²) in [6, 6.07) is 9.56. The van der Waals surface area contributed by atoms with Gasteiger partial charge in [-0.3, -0.25) is 9.97 Å². The van der Waals surface area contributed by atoms with Gasteiger partial charge in [0.1, 0.15) is 5.69 Å². The van der Waals surface area contributed by atoms with E-state index in [-0.39, 0.29) is 0 Å². The smallest absolute Gasteiger partial charge is 0.356 e. The van der Waals surface area contributed by atoms with E-state index >= 15 is 0 Å². The van der Waals surface area contributed by atoms with Gasteiger partial charge in [0, 0.05) is 12.4 Å². The number of aromatic nitrogens is 4. The molecule has 3 heterocycles. The Bertz CT molecular complexity index is 766. The molecular weight excluding hydrogens is 280 g/mol. The van der Waals surface area contributed by atoms with Gasteiger partial charge < -0.3 is 9.30 Å². The number of nitrogens with zero attached hydrogens (tertiary/aromatic N) is 4. The Hall–Kier alpha value is -3.02. The molecule has 0 saturated carbocycles. The van der Waals surface area contributed by atoms with E-state index in [9.17, 15) is 4.79 Å². The highest BCUT2D eigenvalue weighted by atomic mass is 16.5. The predicted octanol–water partition coefficient (Wildman–Crippen LogP) is 2.17. The van der Waals surface area contributed by atoms with Gasteiger partial charge in [0.2, 0.25) is 0 Å². The van der Waals surface area contributed by atoms with Gasteiger partial charge in [0.05, 0.1) is 37.6 Å². The fourth-order valence-corrected chi connectivity index (χ4v) is 2.10. The van der Waals surface area contributed by atoms with Gasteiger partial charge in [-0.2, -0.15) is 0 Å². The largest absolute Gasteiger partial charge is 0.464 e. The zero-order valence-electron chi connectivity index (χ0n) is 12.0. The van der Waals surface area contributed by atoms with Crippen LogP contribution in [0.15, 0.2) is 55.2 Å². The van der Waals surface area contributed by atoms with Gasteiger partial charge in [0.25, 0.3) is 0 Å². The minimum absolute atomic E-state index is 0.407. The maximum Gasteiger partial charge on any atom is 0.356 e. The predicted molar refractivity (Wildman–Crippen MR) is 80.1 cm³/mol. The normalized spacial score (nSPS) is 10.4. The summed E-state index contributed by atoms with van der Waals surface area (Å²) in [7, 11) is 1.35. The van der Waals surface area contributed by atoms with Crippen LogP contribution in [0.2, 0.25) is 0 Å². The van der Waals surface area contributed by atoms with Gasteiger partial charge in [-0.05, 0) is 23.8 Å². The number of methoxy groups -OCH3 is 1. The lowest BCUT2D eigenvalue weighted by Crippen LogP contribution is -2.10. The zero-order chi connectivity index (χ0) is 15.4. The molecule has 0 aromatic carbocycles. The summed E-state index contributed by atoms with van der Waals surface area (Å²) in [5, 5.41) is 0. The van der Waals surface area contributed by atoms with E-state index in [1.165, 1.54) is 13.3 Å². The SMILES string of the molecule is COC(=O)c1cncn1Cc1ccc(-c2ccccn2)nc1. The number of hydrogen-bond acceptors (Lipinski definition) is 5. The number of pyridine rings is 2. The standard InChI is InChI=1S/C16H14N4O2/c1-22-16(21)15-9-17-11-20(15)10-12-5-6-14(19-8-12)13-4-2-3-7-18-13/h2-9,11H,10H2,1H3. The molecule has 0 spiro atoms. The van der Waals surface area contributed by atoms with Crippen molar-refractivity contribution in [2.75, 3.05) is 7.11 Å². The van der Waals surface area contributed by atoms with Crippen molar-refractivity contribution in [1.29, 1.82) is 0 Å². The van der Waals surface area contributed by atoms with Crippen molar-refractivity contribution in [3.05, 3.63) is 66.5 Å². The average Bonchev–Trinajstić information content (AvgIpc) is 3.04. The first-order valence-corrected chi connectivity index (χ1v) is 6.72. The van der Waals surface area contributed by atoms with E-state index in [1.54, 1.807) is 23.3 Å². The molecule has 0 bridgehead atoms. The Morgan fingerprint density at radius 1 is 1.14 bits per heavy atom. The van der Waals surface area contributed by atoms with Crippen LogP contribution in [0.4, 0.5) is 0 Å². The summed E-state index contributed by atoms with van der Waals surface area (Å²) in [4.78, 5) is 24.3. The summed E-state index contributed by atoms with van der Waals surface area (Å²) < 4.78 is 6.45. The van der Waals surface area contributed by atoms with Crippen LogP contribution in [-0.2, 0) is 11.3 Å². The summed E-state index contributed by atoms with van der Waals surface area (Å²) in [6.45, 7) is 0.500. The third kappa shape index (κ3) is 2.85. The van der Waals surface area contributed by atoms with Crippen LogP contribution < -0.4 is 0 Å². The summed E-state index contributed by atoms with van der Waals surface area (Å²) >= 11 is 0. The minimum Gasteiger partial charge on any atom is -0.464 e. The van der Waals surface area contributed by atoms with E-state index in [4.69, 9.17) is 4.74 Å². The molecule has 0 aliphatic carbocycles. The van der Waals surface area contributed by atoms with Crippen LogP contribution in [0.1, 0.15) is 16.1 Å². The molecule has 0 aliphatic heterocycles. The lowest BCUT2D eigenvalue weighted by molar-refractivity contribution is 0.0589. The number of carbonyl (C=O) groups is 1. The van der Waals surface area contributed by atoms with Gasteiger partial charge in [-0.15, -0.1) is 0 Å². The highest BCUT2D eigenvalue weighted by molar-refractivity contribution is 5.87. The highest BCUT2D eigenvalue weighted by Gasteiger charge is 2.12. The quantitative estimate of drug-likeness (QED) is 0.690. The van der Waals surface area contributed by atoms with Crippen molar-refractivity contribution >= 4 is 5.97 Å². The molecule has 0 aliphatic rings. The number of esters is 1. The first-order valence-electron chi connectivity index (χ1n) is 6.72. The molecular formula is C16H14N4O2. The fourth-order valence-electron chi connectivity index (χ4n) is 2.10. The first kappa shape index (κ1) is 13.9. The van der Waals surface area contributed by atoms with Gasteiger partial charge >= 0.3 is 5.97 Å². The molecule has 3 aromatic heterocycles. The Morgan fingerprint density at radius 2 is 2.00 bits per heavy atom. The monoisotopic (exact) mass is 294 g/mol. The van der Waals surface area contributed by atoms with E-state index in [0.717, 1.165) is 17.0 Å². The van der Waals surface area contributed by atoms with Gasteiger partial charge in [-0.1, -0.05) is 12.1 Å². The molecule has 0 saturated heterocycles. The minimum atomic E-state index is -0.407. The molecule has 0 N–H and O–H groups in total. The third-order valence-electron chi connectivity index (χ3n) is 3.21. The Kier molecular flexibility index (Phi) is 3.91. The number of ether oxygens (including phenoxy) is 1. The summed E-state index contributed by atoms with van der Waals surface area (Å²) in [6.07, 6.45) is 6.59. The Balaban J connectivity index is 1.80. The molecule has 0 amide bonds. The lowest BCUT2D eigenvalue weighted by atomic mass is 10.2. The van der Waals surface area contributed by atoms with Gasteiger partial charge in [-0.25, -0.2) is 9.78 Å². The number of hydrogen-bond donors (Lipinski definition) is 0. The number of rotatable bonds is 4. The zero-order valence-corrected chi connectivity index (χ0v) is 12.0. The summed E-state index contributed by atoms with van der Waals surface area (Å²) in [5.41, 5.74) is 3.01. The lowest BCUT2D eigenvalue weighted by Gasteiger charge is -2.07. The van der Waals surface area contributed by atoms with E-state index in [1.807, 2.05) is 30.3 Å². The van der Waals surface area contributed by atoms with Crippen molar-refractivity contribution in [3.63, 3.8) is 0 Å². The third-order valence-corrected chi connectivity index (χ3v) is 3.21. The second-order valence-corrected chi connectivity index (χ2v) is 4.67. The Morgan fingerprint density at radius 3 is 2.68 bits per heavy atom. The maximum atomic E-state index is 11.6. The number of carbonyl (C=O) groups excluding carboxylic acids is 1. The molecule has 110 valence electrons. The molecule has 0 fully saturated rings. The highest BCUT2D eigenvalue weighted by Crippen LogP contribution is 2.14. The molecule has 3 aromatic rings. The topological polar surface area (TPSA) is 69.9 Å². The molecule has 22 heavy (non-hydrogen) atoms. The number of imidazole rings is 1. The molecule has 6 nitrogen and oxygen atoms in total. The van der Waals surface area contributed by atoms with Crippen molar-refractivity contribution in [1.82, 2.24) is 19.5 Å². The van der Waals surface area contributed by atoms with E-state index in [0.29, 0.717) is 12.2 Å². The summed E-state index contributed by atoms with van der Waals surface area (Å²) in [5.74, 6) is -0.407. The van der Waals surface area contributed by atoms with Gasteiger partial charge in [0.15, 0.2) is 0 Å². The van der Waals surface area contributed by atoms with Crippen LogP contribution in [0.3, 0.4) is 0 Å². The average molecular weight is 294 g/mol. The molecule has 0 unspecified atom stereocenters. The molecule has 0 atom stereocenters. The molecule has 0 radical (unpaired) electrons. The van der Waals surface area contributed by atoms with Crippen molar-refractivity contribution < 1.29 is 9.53 Å². The van der Waals surface area contributed by atoms with Crippen LogP contribution in [0.5, 0.6) is 0 Å². The Labute approximate surface area is 127 Å². The van der Waals surface area contributed by atoms with Crippen LogP contribution in [0.25, 0.3) is 11.4 Å². The van der Waals surface area contributed by atoms with Crippen LogP contribution in [-0.4, -0.2) is 32.6 Å². The first-order chi connectivity index (χ1) is 10.8. The van der Waals surface area contributed by atoms with Crippen molar-refractivity contribution in [2.45, 2.75) is 6.54 Å². The fraction of sp³-hybridized carbons (Fsp3) is 0.125. The van der Waals surface area contributed by atoms with Crippen molar-refractivity contribution in [3.8, 4) is 11.4 Å². The van der Waals surface area contributed by atoms with E-state index in [2.05, 4.69) is 15.0 Å². The van der Waals surface area contributed by atoms with Crippen molar-refractivity contribution in [2.24, 2.45) is 0 Å². The van der Waals surface area contributed by atoms with Crippen LogP contribution >= 0.6 is 0 Å². The molecule has 3 rings (SSSR count). The second-order valence-electron chi connectivity index (χ2n) is 4.67. The molecule has 6 heteroatoms. The van der Waals surface area contributed by atoms with Crippen LogP contribution in [0, 0.1) is 0 Å². The maximum absolute atomic E-state index is 11.6. The van der Waals surface area contributed by atoms with E-state index < -0.39 is 5.97 Å².